The molecule has 0 aliphatic carbocycles. The van der Waals surface area contributed by atoms with Crippen molar-refractivity contribution < 1.29 is 4.42 Å². The summed E-state index contributed by atoms with van der Waals surface area (Å²) in [5.41, 5.74) is 1.69. The van der Waals surface area contributed by atoms with E-state index in [1.807, 2.05) is 42.5 Å². The molecule has 1 aliphatic rings. The Morgan fingerprint density at radius 3 is 2.71 bits per heavy atom. The summed E-state index contributed by atoms with van der Waals surface area (Å²) in [6, 6.07) is 15.1. The van der Waals surface area contributed by atoms with Crippen LogP contribution in [0.1, 0.15) is 30.0 Å². The van der Waals surface area contributed by atoms with Crippen molar-refractivity contribution in [3.63, 3.8) is 0 Å². The Morgan fingerprint density at radius 2 is 1.97 bits per heavy atom. The minimum atomic E-state index is -0.115. The molecule has 3 aromatic rings. The van der Waals surface area contributed by atoms with Crippen molar-refractivity contribution in [3.8, 4) is 11.3 Å². The van der Waals surface area contributed by atoms with Crippen LogP contribution in [0, 0.1) is 0 Å². The van der Waals surface area contributed by atoms with E-state index in [0.29, 0.717) is 20.9 Å². The van der Waals surface area contributed by atoms with Gasteiger partial charge in [0.2, 0.25) is 0 Å². The lowest BCUT2D eigenvalue weighted by Crippen LogP contribution is -2.32. The van der Waals surface area contributed by atoms with Gasteiger partial charge in [0.05, 0.1) is 21.8 Å². The molecule has 4 rings (SSSR count). The minimum absolute atomic E-state index is 0.109. The summed E-state index contributed by atoms with van der Waals surface area (Å²) in [6.45, 7) is 1.79. The van der Waals surface area contributed by atoms with Crippen LogP contribution in [0.3, 0.4) is 0 Å². The summed E-state index contributed by atoms with van der Waals surface area (Å²) in [5.74, 6) is 1.48. The van der Waals surface area contributed by atoms with Crippen LogP contribution < -0.4 is 5.32 Å². The molecule has 0 bridgehead atoms. The van der Waals surface area contributed by atoms with E-state index >= 15 is 0 Å². The second kappa shape index (κ2) is 9.57. The van der Waals surface area contributed by atoms with Crippen molar-refractivity contribution in [2.24, 2.45) is 0 Å². The van der Waals surface area contributed by atoms with Crippen LogP contribution >= 0.6 is 35.4 Å². The number of aromatic nitrogens is 1. The average molecular weight is 475 g/mol. The summed E-state index contributed by atoms with van der Waals surface area (Å²) < 4.78 is 6.32. The first-order valence-electron chi connectivity index (χ1n) is 10.1. The molecule has 8 heteroatoms. The van der Waals surface area contributed by atoms with Gasteiger partial charge in [0, 0.05) is 18.3 Å². The molecule has 0 radical (unpaired) electrons. The van der Waals surface area contributed by atoms with Crippen molar-refractivity contribution in [2.45, 2.75) is 18.5 Å². The number of pyridine rings is 1. The Kier molecular flexibility index (Phi) is 6.82. The van der Waals surface area contributed by atoms with Gasteiger partial charge in [0.15, 0.2) is 5.11 Å². The molecule has 0 saturated carbocycles. The number of halogens is 2. The fourth-order valence-corrected chi connectivity index (χ4v) is 4.59. The molecule has 0 amide bonds. The number of nitrogens with one attached hydrogen (secondary N) is 1. The monoisotopic (exact) mass is 474 g/mol. The lowest BCUT2D eigenvalue weighted by molar-refractivity contribution is 0.261. The van der Waals surface area contributed by atoms with E-state index in [4.69, 9.17) is 39.8 Å². The largest absolute Gasteiger partial charge is 0.459 e. The third-order valence-corrected chi connectivity index (χ3v) is 6.51. The van der Waals surface area contributed by atoms with Crippen LogP contribution in [-0.2, 0) is 0 Å². The Balaban J connectivity index is 1.69. The Labute approximate surface area is 198 Å². The highest BCUT2D eigenvalue weighted by Gasteiger charge is 2.41. The number of hydrogen-bond acceptors (Lipinski definition) is 4. The summed E-state index contributed by atoms with van der Waals surface area (Å²) in [4.78, 5) is 8.93. The van der Waals surface area contributed by atoms with E-state index < -0.39 is 0 Å². The van der Waals surface area contributed by atoms with Gasteiger partial charge in [-0.2, -0.15) is 0 Å². The standard InChI is InChI=1S/C23H24Cl2N4OS/c1-28(2)13-6-14-29-22(21(27-23(29)31)17-9-3-4-12-26-17)19-11-10-18(30-19)15-7-5-8-16(24)20(15)25/h3-5,7-12,21-22H,6,13-14H2,1-2H3,(H,27,31). The van der Waals surface area contributed by atoms with Gasteiger partial charge < -0.3 is 19.5 Å². The van der Waals surface area contributed by atoms with Gasteiger partial charge >= 0.3 is 0 Å². The van der Waals surface area contributed by atoms with Crippen LogP contribution in [-0.4, -0.2) is 47.1 Å². The van der Waals surface area contributed by atoms with Crippen LogP contribution in [0.2, 0.25) is 10.0 Å². The molecule has 1 fully saturated rings. The van der Waals surface area contributed by atoms with Crippen LogP contribution in [0.25, 0.3) is 11.3 Å². The molecule has 0 spiro atoms. The molecule has 1 aliphatic heterocycles. The van der Waals surface area contributed by atoms with Gasteiger partial charge in [0.25, 0.3) is 0 Å². The highest BCUT2D eigenvalue weighted by atomic mass is 35.5. The van der Waals surface area contributed by atoms with Crippen LogP contribution in [0.5, 0.6) is 0 Å². The lowest BCUT2D eigenvalue weighted by Gasteiger charge is -2.26. The maximum absolute atomic E-state index is 6.42. The summed E-state index contributed by atoms with van der Waals surface area (Å²) in [5, 5.41) is 5.14. The van der Waals surface area contributed by atoms with Gasteiger partial charge in [-0.05, 0) is 75.7 Å². The number of thiocarbonyl (C=S) groups is 1. The van der Waals surface area contributed by atoms with Crippen molar-refractivity contribution >= 4 is 40.5 Å². The average Bonchev–Trinajstić information content (AvgIpc) is 3.35. The highest BCUT2D eigenvalue weighted by Crippen LogP contribution is 2.42. The molecule has 31 heavy (non-hydrogen) atoms. The molecular formula is C23H24Cl2N4OS. The number of furan rings is 1. The first kappa shape index (κ1) is 22.1. The maximum atomic E-state index is 6.42. The molecule has 2 atom stereocenters. The first-order chi connectivity index (χ1) is 15.0. The number of rotatable bonds is 7. The van der Waals surface area contributed by atoms with Crippen LogP contribution in [0.15, 0.2) is 59.1 Å². The van der Waals surface area contributed by atoms with Gasteiger partial charge in [0.1, 0.15) is 17.6 Å². The SMILES string of the molecule is CN(C)CCCN1C(=S)NC(c2ccccn2)C1c1ccc(-c2cccc(Cl)c2Cl)o1. The minimum Gasteiger partial charge on any atom is -0.459 e. The second-order valence-corrected chi connectivity index (χ2v) is 8.95. The lowest BCUT2D eigenvalue weighted by atomic mass is 10.0. The maximum Gasteiger partial charge on any atom is 0.170 e. The van der Waals surface area contributed by atoms with E-state index in [1.165, 1.54) is 0 Å². The predicted molar refractivity (Wildman–Crippen MR) is 129 cm³/mol. The molecule has 5 nitrogen and oxygen atoms in total. The van der Waals surface area contributed by atoms with Gasteiger partial charge in [-0.1, -0.05) is 35.3 Å². The normalized spacial score (nSPS) is 18.6. The quantitative estimate of drug-likeness (QED) is 0.451. The van der Waals surface area contributed by atoms with Crippen molar-refractivity contribution in [2.75, 3.05) is 27.2 Å². The third-order valence-electron chi connectivity index (χ3n) is 5.34. The molecule has 162 valence electrons. The number of nitrogens with zero attached hydrogens (tertiary/aromatic N) is 3. The van der Waals surface area contributed by atoms with Gasteiger partial charge in [-0.3, -0.25) is 4.98 Å². The number of benzene rings is 1. The Morgan fingerprint density at radius 1 is 1.13 bits per heavy atom. The van der Waals surface area contributed by atoms with E-state index in [2.05, 4.69) is 34.2 Å². The molecule has 3 heterocycles. The molecule has 2 aromatic heterocycles. The van der Waals surface area contributed by atoms with E-state index in [9.17, 15) is 0 Å². The fraction of sp³-hybridized carbons (Fsp3) is 0.304. The molecule has 1 N–H and O–H groups in total. The molecule has 1 saturated heterocycles. The van der Waals surface area contributed by atoms with Crippen molar-refractivity contribution in [3.05, 3.63) is 76.2 Å². The smallest absolute Gasteiger partial charge is 0.170 e. The van der Waals surface area contributed by atoms with E-state index in [-0.39, 0.29) is 12.1 Å². The van der Waals surface area contributed by atoms with Crippen molar-refractivity contribution in [1.29, 1.82) is 0 Å². The van der Waals surface area contributed by atoms with Crippen LogP contribution in [0.4, 0.5) is 0 Å². The Hall–Kier alpha value is -2.12. The zero-order chi connectivity index (χ0) is 22.0. The van der Waals surface area contributed by atoms with Gasteiger partial charge in [-0.15, -0.1) is 0 Å². The fourth-order valence-electron chi connectivity index (χ4n) is 3.86. The molecule has 1 aromatic carbocycles. The second-order valence-electron chi connectivity index (χ2n) is 7.78. The predicted octanol–water partition coefficient (Wildman–Crippen LogP) is 5.57. The first-order valence-corrected chi connectivity index (χ1v) is 11.3. The number of hydrogen-bond donors (Lipinski definition) is 1. The van der Waals surface area contributed by atoms with E-state index in [0.717, 1.165) is 36.5 Å². The topological polar surface area (TPSA) is 44.5 Å². The Bertz CT molecular complexity index is 1060. The summed E-state index contributed by atoms with van der Waals surface area (Å²) in [7, 11) is 4.14. The van der Waals surface area contributed by atoms with E-state index in [1.54, 1.807) is 12.3 Å². The molecular weight excluding hydrogens is 451 g/mol. The third kappa shape index (κ3) is 4.72. The molecule has 2 unspecified atom stereocenters. The highest BCUT2D eigenvalue weighted by molar-refractivity contribution is 7.80. The zero-order valence-corrected chi connectivity index (χ0v) is 19.7. The summed E-state index contributed by atoms with van der Waals surface area (Å²) in [6.07, 6.45) is 2.78. The van der Waals surface area contributed by atoms with Crippen molar-refractivity contribution in [1.82, 2.24) is 20.1 Å². The van der Waals surface area contributed by atoms with Gasteiger partial charge in [-0.25, -0.2) is 0 Å². The summed E-state index contributed by atoms with van der Waals surface area (Å²) >= 11 is 18.3. The zero-order valence-electron chi connectivity index (χ0n) is 17.4.